The molecule has 0 aromatic carbocycles. The van der Waals surface area contributed by atoms with E-state index in [9.17, 15) is 28.8 Å². The summed E-state index contributed by atoms with van der Waals surface area (Å²) in [5, 5.41) is 0. The van der Waals surface area contributed by atoms with Gasteiger partial charge in [0.05, 0.1) is 0 Å². The Balaban J connectivity index is 2.25. The van der Waals surface area contributed by atoms with E-state index in [1.54, 1.807) is 0 Å². The first-order valence-electron chi connectivity index (χ1n) is 14.1. The quantitative estimate of drug-likeness (QED) is 0.131. The minimum atomic E-state index is -1.13. The summed E-state index contributed by atoms with van der Waals surface area (Å²) in [5.41, 5.74) is -0.113. The highest BCUT2D eigenvalue weighted by atomic mass is 16.2. The molecule has 0 atom stereocenters. The third-order valence-corrected chi connectivity index (χ3v) is 6.67. The van der Waals surface area contributed by atoms with Crippen molar-refractivity contribution in [3.05, 3.63) is 36.0 Å². The number of hydrogen-bond acceptors (Lipinski definition) is 6. The molecule has 0 bridgehead atoms. The highest BCUT2D eigenvalue weighted by molar-refractivity contribution is 6.28. The number of urea groups is 2. The number of allylic oxidation sites excluding steroid dienone is 4. The van der Waals surface area contributed by atoms with Gasteiger partial charge in [-0.05, 0) is 31.8 Å². The van der Waals surface area contributed by atoms with Crippen molar-refractivity contribution in [1.29, 1.82) is 0 Å². The Hall–Kier alpha value is -3.56. The van der Waals surface area contributed by atoms with E-state index in [1.165, 1.54) is 30.4 Å². The van der Waals surface area contributed by atoms with Crippen molar-refractivity contribution < 1.29 is 28.8 Å². The summed E-state index contributed by atoms with van der Waals surface area (Å²) in [6.07, 6.45) is 13.0. The van der Waals surface area contributed by atoms with Crippen LogP contribution in [0.3, 0.4) is 0 Å². The van der Waals surface area contributed by atoms with E-state index in [0.29, 0.717) is 25.7 Å². The van der Waals surface area contributed by atoms with Gasteiger partial charge in [0.25, 0.3) is 11.8 Å². The van der Waals surface area contributed by atoms with Gasteiger partial charge in [0.2, 0.25) is 11.8 Å². The van der Waals surface area contributed by atoms with Gasteiger partial charge in [-0.3, -0.25) is 38.8 Å². The molecule has 2 heterocycles. The molecule has 0 aromatic heterocycles. The first-order valence-corrected chi connectivity index (χ1v) is 14.1. The van der Waals surface area contributed by atoms with Crippen LogP contribution in [0.2, 0.25) is 0 Å². The maximum absolute atomic E-state index is 13.0. The van der Waals surface area contributed by atoms with Crippen LogP contribution in [0.15, 0.2) is 36.0 Å². The number of rotatable bonds is 15. The lowest BCUT2D eigenvalue weighted by Crippen LogP contribution is -2.59. The monoisotopic (exact) mass is 542 g/mol. The van der Waals surface area contributed by atoms with Gasteiger partial charge in [0.15, 0.2) is 0 Å². The van der Waals surface area contributed by atoms with Crippen LogP contribution < -0.4 is 0 Å². The third kappa shape index (κ3) is 7.74. The van der Waals surface area contributed by atoms with Crippen LogP contribution in [-0.4, -0.2) is 81.5 Å². The molecule has 2 fully saturated rings. The molecule has 0 aliphatic carbocycles. The summed E-state index contributed by atoms with van der Waals surface area (Å²) in [6.45, 7) is 8.80. The van der Waals surface area contributed by atoms with Crippen molar-refractivity contribution >= 4 is 35.7 Å². The molecular formula is C29H42N4O6. The average molecular weight is 543 g/mol. The third-order valence-electron chi connectivity index (χ3n) is 6.67. The van der Waals surface area contributed by atoms with E-state index in [4.69, 9.17) is 0 Å². The number of amides is 8. The molecule has 10 nitrogen and oxygen atoms in total. The molecule has 2 aliphatic rings. The molecule has 0 saturated carbocycles. The lowest BCUT2D eigenvalue weighted by Gasteiger charge is -2.36. The molecule has 0 N–H and O–H groups in total. The molecule has 39 heavy (non-hydrogen) atoms. The number of barbiturate groups is 2. The van der Waals surface area contributed by atoms with Crippen molar-refractivity contribution in [2.45, 2.75) is 79.1 Å². The minimum absolute atomic E-state index is 0.113. The van der Waals surface area contributed by atoms with Crippen LogP contribution >= 0.6 is 0 Å². The first-order chi connectivity index (χ1) is 18.7. The molecule has 0 aromatic rings. The first kappa shape index (κ1) is 31.7. The Morgan fingerprint density at radius 2 is 0.923 bits per heavy atom. The van der Waals surface area contributed by atoms with Crippen LogP contribution in [0.5, 0.6) is 0 Å². The number of hydrogen-bond donors (Lipinski definition) is 0. The predicted molar refractivity (Wildman–Crippen MR) is 147 cm³/mol. The number of imide groups is 4. The van der Waals surface area contributed by atoms with Crippen molar-refractivity contribution in [2.75, 3.05) is 26.2 Å². The molecule has 0 unspecified atom stereocenters. The van der Waals surface area contributed by atoms with Gasteiger partial charge in [-0.1, -0.05) is 77.7 Å². The fraction of sp³-hybridized carbons (Fsp3) is 0.586. The van der Waals surface area contributed by atoms with E-state index >= 15 is 0 Å². The van der Waals surface area contributed by atoms with Gasteiger partial charge in [-0.2, -0.15) is 0 Å². The highest BCUT2D eigenvalue weighted by Crippen LogP contribution is 2.22. The lowest BCUT2D eigenvalue weighted by atomic mass is 10.0. The topological polar surface area (TPSA) is 115 Å². The largest absolute Gasteiger partial charge is 0.333 e. The van der Waals surface area contributed by atoms with Crippen LogP contribution in [-0.2, 0) is 19.2 Å². The van der Waals surface area contributed by atoms with E-state index in [-0.39, 0.29) is 31.8 Å². The van der Waals surface area contributed by atoms with Crippen molar-refractivity contribution in [1.82, 2.24) is 19.6 Å². The average Bonchev–Trinajstić information content (AvgIpc) is 2.91. The van der Waals surface area contributed by atoms with Crippen molar-refractivity contribution in [2.24, 2.45) is 5.92 Å². The SMILES string of the molecule is CCCCN1C(=O)C(=CC=CC=CC2C(=O)N(CCCC)C(=O)N(CCCC)C2=O)C(=O)N(CCCC)C1=O. The summed E-state index contributed by atoms with van der Waals surface area (Å²) >= 11 is 0. The summed E-state index contributed by atoms with van der Waals surface area (Å²) < 4.78 is 0. The number of carbonyl (C=O) groups is 6. The zero-order chi connectivity index (χ0) is 28.9. The molecule has 2 rings (SSSR count). The van der Waals surface area contributed by atoms with Gasteiger partial charge in [-0.25, -0.2) is 9.59 Å². The second-order valence-corrected chi connectivity index (χ2v) is 9.70. The van der Waals surface area contributed by atoms with Gasteiger partial charge >= 0.3 is 12.1 Å². The molecule has 0 radical (unpaired) electrons. The van der Waals surface area contributed by atoms with E-state index in [1.807, 2.05) is 27.7 Å². The second-order valence-electron chi connectivity index (χ2n) is 9.70. The Kier molecular flexibility index (Phi) is 12.8. The van der Waals surface area contributed by atoms with Gasteiger partial charge in [-0.15, -0.1) is 0 Å². The summed E-state index contributed by atoms with van der Waals surface area (Å²) in [6, 6.07) is -1.15. The Labute approximate surface area is 231 Å². The van der Waals surface area contributed by atoms with Crippen molar-refractivity contribution in [3.63, 3.8) is 0 Å². The molecule has 2 aliphatic heterocycles. The van der Waals surface area contributed by atoms with E-state index < -0.39 is 41.6 Å². The standard InChI is InChI=1S/C29H42N4O6/c1-5-9-18-30-24(34)22(25(35)31(28(30)38)19-10-6-2)16-14-13-15-17-23-26(36)32(20-11-7-3)29(39)33(27(23)37)21-12-8-4/h13-17,22H,5-12,18-21H2,1-4H3. The van der Waals surface area contributed by atoms with Gasteiger partial charge in [0, 0.05) is 26.2 Å². The summed E-state index contributed by atoms with van der Waals surface area (Å²) in [5.74, 6) is -3.49. The smallest absolute Gasteiger partial charge is 0.273 e. The maximum atomic E-state index is 13.0. The Morgan fingerprint density at radius 1 is 0.538 bits per heavy atom. The van der Waals surface area contributed by atoms with E-state index in [0.717, 1.165) is 45.3 Å². The molecule has 2 saturated heterocycles. The van der Waals surface area contributed by atoms with Crippen LogP contribution in [0, 0.1) is 5.92 Å². The van der Waals surface area contributed by atoms with Crippen LogP contribution in [0.25, 0.3) is 0 Å². The van der Waals surface area contributed by atoms with Gasteiger partial charge in [0.1, 0.15) is 11.5 Å². The van der Waals surface area contributed by atoms with E-state index in [2.05, 4.69) is 0 Å². The zero-order valence-corrected chi connectivity index (χ0v) is 23.7. The fourth-order valence-electron chi connectivity index (χ4n) is 4.25. The zero-order valence-electron chi connectivity index (χ0n) is 23.7. The highest BCUT2D eigenvalue weighted by Gasteiger charge is 2.44. The number of nitrogens with zero attached hydrogens (tertiary/aromatic N) is 4. The summed E-state index contributed by atoms with van der Waals surface area (Å²) in [7, 11) is 0. The molecule has 10 heteroatoms. The molecule has 214 valence electrons. The minimum Gasteiger partial charge on any atom is -0.273 e. The summed E-state index contributed by atoms with van der Waals surface area (Å²) in [4.78, 5) is 82.0. The molecule has 8 amide bonds. The molecular weight excluding hydrogens is 500 g/mol. The van der Waals surface area contributed by atoms with Gasteiger partial charge < -0.3 is 0 Å². The molecule has 0 spiro atoms. The fourth-order valence-corrected chi connectivity index (χ4v) is 4.25. The number of unbranched alkanes of at least 4 members (excludes halogenated alkanes) is 4. The number of carbonyl (C=O) groups excluding carboxylic acids is 6. The predicted octanol–water partition coefficient (Wildman–Crippen LogP) is 4.42. The lowest BCUT2D eigenvalue weighted by molar-refractivity contribution is -0.147. The normalized spacial score (nSPS) is 17.7. The maximum Gasteiger partial charge on any atom is 0.333 e. The van der Waals surface area contributed by atoms with Crippen LogP contribution in [0.4, 0.5) is 9.59 Å². The van der Waals surface area contributed by atoms with Crippen LogP contribution in [0.1, 0.15) is 79.1 Å². The van der Waals surface area contributed by atoms with Crippen molar-refractivity contribution in [3.8, 4) is 0 Å². The second kappa shape index (κ2) is 15.8. The Morgan fingerprint density at radius 3 is 1.33 bits per heavy atom. The Bertz CT molecular complexity index is 969.